The first-order chi connectivity index (χ1) is 22.2. The summed E-state index contributed by atoms with van der Waals surface area (Å²) in [5, 5.41) is 9.53. The quantitative estimate of drug-likeness (QED) is 0.0437. The largest absolute Gasteiger partial charge is 0.457 e. The summed E-state index contributed by atoms with van der Waals surface area (Å²) in [7, 11) is 0. The Kier molecular flexibility index (Phi) is 36.6. The summed E-state index contributed by atoms with van der Waals surface area (Å²) in [6, 6.07) is 0. The van der Waals surface area contributed by atoms with Gasteiger partial charge in [0.05, 0.1) is 13.2 Å². The highest BCUT2D eigenvalue weighted by atomic mass is 16.6. The van der Waals surface area contributed by atoms with Crippen LogP contribution in [0.3, 0.4) is 0 Å². The average molecular weight is 629 g/mol. The average Bonchev–Trinajstić information content (AvgIpc) is 3.05. The third kappa shape index (κ3) is 36.4. The number of carbonyl (C=O) groups is 1. The highest BCUT2D eigenvalue weighted by Gasteiger charge is 2.13. The van der Waals surface area contributed by atoms with E-state index in [2.05, 4.69) is 74.6 Å². The molecule has 0 heterocycles. The Hall–Kier alpha value is -1.91. The topological polar surface area (TPSA) is 55.8 Å². The van der Waals surface area contributed by atoms with Crippen molar-refractivity contribution < 1.29 is 19.4 Å². The van der Waals surface area contributed by atoms with Crippen LogP contribution in [0, 0.1) is 0 Å². The van der Waals surface area contributed by atoms with Crippen LogP contribution < -0.4 is 0 Å². The molecule has 4 nitrogen and oxygen atoms in total. The summed E-state index contributed by atoms with van der Waals surface area (Å²) in [6.07, 6.45) is 49.8. The predicted octanol–water partition coefficient (Wildman–Crippen LogP) is 12.1. The van der Waals surface area contributed by atoms with Crippen LogP contribution in [-0.2, 0) is 14.3 Å². The van der Waals surface area contributed by atoms with Crippen LogP contribution in [0.15, 0.2) is 60.8 Å². The van der Waals surface area contributed by atoms with Crippen LogP contribution in [0.2, 0.25) is 0 Å². The molecule has 0 saturated carbocycles. The van der Waals surface area contributed by atoms with E-state index in [1.165, 1.54) is 96.3 Å². The number of rotatable bonds is 34. The summed E-state index contributed by atoms with van der Waals surface area (Å²) in [6.45, 7) is 5.19. The van der Waals surface area contributed by atoms with Crippen molar-refractivity contribution in [1.82, 2.24) is 0 Å². The summed E-state index contributed by atoms with van der Waals surface area (Å²) in [4.78, 5) is 12.1. The molecule has 1 unspecified atom stereocenters. The lowest BCUT2D eigenvalue weighted by Gasteiger charge is -2.16. The number of unbranched alkanes of at least 4 members (excludes halogenated alkanes) is 16. The third-order valence-electron chi connectivity index (χ3n) is 7.86. The maximum absolute atomic E-state index is 12.1. The minimum atomic E-state index is -0.536. The second kappa shape index (κ2) is 38.3. The number of hydrogen-bond acceptors (Lipinski definition) is 4. The fourth-order valence-corrected chi connectivity index (χ4v) is 5.06. The Balaban J connectivity index is 3.47. The standard InChI is InChI=1S/C41H72O4/c1-3-5-7-9-11-13-14-15-16-17-18-19-20-21-22-23-24-25-26-27-29-31-33-35-37-44-39-40(38-42)45-41(43)36-34-32-30-28-12-10-8-6-4-2/h5,7,11,13,15-16,18-19,21-22,40,42H,3-4,6,8-10,12,14,17,20,23-39H2,1-2H3/b7-5-,13-11-,16-15-,19-18-,22-21-. The molecule has 4 heteroatoms. The van der Waals surface area contributed by atoms with Gasteiger partial charge in [0.2, 0.25) is 0 Å². The maximum Gasteiger partial charge on any atom is 0.306 e. The highest BCUT2D eigenvalue weighted by molar-refractivity contribution is 5.69. The van der Waals surface area contributed by atoms with Crippen LogP contribution in [0.4, 0.5) is 0 Å². The summed E-state index contributed by atoms with van der Waals surface area (Å²) >= 11 is 0. The molecule has 260 valence electrons. The molecule has 0 rings (SSSR count). The molecule has 0 aliphatic rings. The minimum absolute atomic E-state index is 0.176. The van der Waals surface area contributed by atoms with Gasteiger partial charge in [-0.1, -0.05) is 164 Å². The normalized spacial score (nSPS) is 13.0. The van der Waals surface area contributed by atoms with E-state index in [1.54, 1.807) is 0 Å². The van der Waals surface area contributed by atoms with E-state index in [1.807, 2.05) is 0 Å². The first-order valence-corrected chi connectivity index (χ1v) is 18.9. The van der Waals surface area contributed by atoms with Gasteiger partial charge in [-0.15, -0.1) is 0 Å². The lowest BCUT2D eigenvalue weighted by atomic mass is 10.1. The zero-order valence-corrected chi connectivity index (χ0v) is 29.6. The first-order valence-electron chi connectivity index (χ1n) is 18.9. The van der Waals surface area contributed by atoms with Crippen molar-refractivity contribution >= 4 is 5.97 Å². The van der Waals surface area contributed by atoms with Crippen molar-refractivity contribution in [3.8, 4) is 0 Å². The second-order valence-corrected chi connectivity index (χ2v) is 12.3. The number of allylic oxidation sites excluding steroid dienone is 10. The van der Waals surface area contributed by atoms with E-state index >= 15 is 0 Å². The van der Waals surface area contributed by atoms with E-state index in [0.29, 0.717) is 13.0 Å². The van der Waals surface area contributed by atoms with Crippen LogP contribution in [0.25, 0.3) is 0 Å². The number of esters is 1. The van der Waals surface area contributed by atoms with Crippen LogP contribution in [-0.4, -0.2) is 37.0 Å². The molecule has 0 fully saturated rings. The van der Waals surface area contributed by atoms with Gasteiger partial charge in [0, 0.05) is 13.0 Å². The molecule has 0 aromatic carbocycles. The van der Waals surface area contributed by atoms with Crippen LogP contribution in [0.5, 0.6) is 0 Å². The van der Waals surface area contributed by atoms with Crippen LogP contribution >= 0.6 is 0 Å². The van der Waals surface area contributed by atoms with Gasteiger partial charge in [-0.3, -0.25) is 4.79 Å². The van der Waals surface area contributed by atoms with Gasteiger partial charge in [-0.2, -0.15) is 0 Å². The fraction of sp³-hybridized carbons (Fsp3) is 0.732. The Bertz CT molecular complexity index is 749. The Morgan fingerprint density at radius 1 is 0.556 bits per heavy atom. The molecule has 0 spiro atoms. The lowest BCUT2D eigenvalue weighted by Crippen LogP contribution is -2.27. The molecule has 0 aliphatic heterocycles. The molecule has 0 bridgehead atoms. The molecule has 45 heavy (non-hydrogen) atoms. The van der Waals surface area contributed by atoms with Crippen molar-refractivity contribution in [2.75, 3.05) is 19.8 Å². The van der Waals surface area contributed by atoms with Crippen LogP contribution in [0.1, 0.15) is 168 Å². The number of hydrogen-bond donors (Lipinski definition) is 1. The first kappa shape index (κ1) is 43.1. The van der Waals surface area contributed by atoms with E-state index in [-0.39, 0.29) is 19.2 Å². The molecule has 1 atom stereocenters. The van der Waals surface area contributed by atoms with Gasteiger partial charge in [0.25, 0.3) is 0 Å². The minimum Gasteiger partial charge on any atom is -0.457 e. The van der Waals surface area contributed by atoms with Crippen molar-refractivity contribution in [3.63, 3.8) is 0 Å². The van der Waals surface area contributed by atoms with E-state index in [4.69, 9.17) is 9.47 Å². The van der Waals surface area contributed by atoms with Crippen molar-refractivity contribution in [2.45, 2.75) is 174 Å². The highest BCUT2D eigenvalue weighted by Crippen LogP contribution is 2.12. The van der Waals surface area contributed by atoms with Gasteiger partial charge >= 0.3 is 5.97 Å². The monoisotopic (exact) mass is 629 g/mol. The fourth-order valence-electron chi connectivity index (χ4n) is 5.06. The Labute approximate surface area is 279 Å². The van der Waals surface area contributed by atoms with Gasteiger partial charge in [0.15, 0.2) is 0 Å². The van der Waals surface area contributed by atoms with E-state index in [9.17, 15) is 9.90 Å². The molecule has 1 N–H and O–H groups in total. The Morgan fingerprint density at radius 3 is 1.51 bits per heavy atom. The molecular weight excluding hydrogens is 556 g/mol. The van der Waals surface area contributed by atoms with E-state index in [0.717, 1.165) is 51.4 Å². The zero-order chi connectivity index (χ0) is 32.7. The maximum atomic E-state index is 12.1. The molecule has 0 amide bonds. The second-order valence-electron chi connectivity index (χ2n) is 12.3. The molecule has 0 radical (unpaired) electrons. The summed E-state index contributed by atoms with van der Waals surface area (Å²) in [5.74, 6) is -0.210. The molecule has 0 saturated heterocycles. The third-order valence-corrected chi connectivity index (χ3v) is 7.86. The van der Waals surface area contributed by atoms with Gasteiger partial charge in [-0.25, -0.2) is 0 Å². The summed E-state index contributed by atoms with van der Waals surface area (Å²) in [5.41, 5.74) is 0. The number of carbonyl (C=O) groups excluding carboxylic acids is 1. The van der Waals surface area contributed by atoms with Gasteiger partial charge in [0.1, 0.15) is 6.10 Å². The molecule has 0 aliphatic carbocycles. The Morgan fingerprint density at radius 2 is 1.00 bits per heavy atom. The lowest BCUT2D eigenvalue weighted by molar-refractivity contribution is -0.154. The predicted molar refractivity (Wildman–Crippen MR) is 196 cm³/mol. The summed E-state index contributed by atoms with van der Waals surface area (Å²) < 4.78 is 11.1. The number of aliphatic hydroxyl groups is 1. The van der Waals surface area contributed by atoms with Crippen molar-refractivity contribution in [2.24, 2.45) is 0 Å². The molecule has 0 aromatic rings. The van der Waals surface area contributed by atoms with E-state index < -0.39 is 6.10 Å². The van der Waals surface area contributed by atoms with Crippen molar-refractivity contribution in [3.05, 3.63) is 60.8 Å². The van der Waals surface area contributed by atoms with Gasteiger partial charge in [-0.05, 0) is 57.8 Å². The molecule has 0 aromatic heterocycles. The smallest absolute Gasteiger partial charge is 0.306 e. The number of aliphatic hydroxyl groups excluding tert-OH is 1. The molecular formula is C41H72O4. The van der Waals surface area contributed by atoms with Gasteiger partial charge < -0.3 is 14.6 Å². The zero-order valence-electron chi connectivity index (χ0n) is 29.6. The van der Waals surface area contributed by atoms with Crippen molar-refractivity contribution in [1.29, 1.82) is 0 Å². The SMILES string of the molecule is CC/C=C\C/C=C\C/C=C\C/C=C\C/C=C\CCCCCCCCCCOCC(CO)OC(=O)CCCCCCCCCCC. The number of ether oxygens (including phenoxy) is 2.